The summed E-state index contributed by atoms with van der Waals surface area (Å²) in [5.41, 5.74) is 1.96. The number of aliphatic hydroxyl groups excluding tert-OH is 1. The SMILES string of the molecule is COc1ccc(C)cc1C(O)CNCCCCOC(C)C. The average Bonchev–Trinajstić information content (AvgIpc) is 2.45. The molecule has 0 radical (unpaired) electrons. The van der Waals surface area contributed by atoms with Gasteiger partial charge in [0.05, 0.1) is 19.3 Å². The lowest BCUT2D eigenvalue weighted by Gasteiger charge is -2.16. The Kier molecular flexibility index (Phi) is 8.35. The molecule has 0 heterocycles. The summed E-state index contributed by atoms with van der Waals surface area (Å²) < 4.78 is 10.8. The van der Waals surface area contributed by atoms with E-state index in [2.05, 4.69) is 5.32 Å². The van der Waals surface area contributed by atoms with Crippen molar-refractivity contribution in [3.05, 3.63) is 29.3 Å². The molecule has 0 aliphatic carbocycles. The van der Waals surface area contributed by atoms with Gasteiger partial charge in [0.2, 0.25) is 0 Å². The molecular weight excluding hydrogens is 266 g/mol. The molecule has 1 unspecified atom stereocenters. The number of hydrogen-bond donors (Lipinski definition) is 2. The van der Waals surface area contributed by atoms with Crippen LogP contribution in [0.4, 0.5) is 0 Å². The number of ether oxygens (including phenoxy) is 2. The van der Waals surface area contributed by atoms with Crippen LogP contribution in [0.25, 0.3) is 0 Å². The summed E-state index contributed by atoms with van der Waals surface area (Å²) in [4.78, 5) is 0. The van der Waals surface area contributed by atoms with Gasteiger partial charge in [0, 0.05) is 18.7 Å². The van der Waals surface area contributed by atoms with E-state index in [0.717, 1.165) is 42.9 Å². The van der Waals surface area contributed by atoms with Crippen LogP contribution in [0.2, 0.25) is 0 Å². The molecule has 0 bridgehead atoms. The molecule has 0 spiro atoms. The van der Waals surface area contributed by atoms with Crippen molar-refractivity contribution in [2.75, 3.05) is 26.8 Å². The first-order valence-corrected chi connectivity index (χ1v) is 7.69. The van der Waals surface area contributed by atoms with E-state index in [1.165, 1.54) is 0 Å². The predicted octanol–water partition coefficient (Wildman–Crippen LogP) is 2.83. The van der Waals surface area contributed by atoms with Crippen molar-refractivity contribution in [3.63, 3.8) is 0 Å². The third kappa shape index (κ3) is 6.93. The second-order valence-electron chi connectivity index (χ2n) is 5.59. The van der Waals surface area contributed by atoms with E-state index in [1.54, 1.807) is 7.11 Å². The van der Waals surface area contributed by atoms with Gasteiger partial charge in [-0.15, -0.1) is 0 Å². The molecule has 1 atom stereocenters. The van der Waals surface area contributed by atoms with Gasteiger partial charge in [-0.2, -0.15) is 0 Å². The van der Waals surface area contributed by atoms with Gasteiger partial charge < -0.3 is 19.9 Å². The first kappa shape index (κ1) is 18.0. The van der Waals surface area contributed by atoms with Crippen LogP contribution < -0.4 is 10.1 Å². The molecule has 0 fully saturated rings. The number of aliphatic hydroxyl groups is 1. The number of nitrogens with one attached hydrogen (secondary N) is 1. The fourth-order valence-corrected chi connectivity index (χ4v) is 2.13. The quantitative estimate of drug-likeness (QED) is 0.652. The minimum absolute atomic E-state index is 0.300. The van der Waals surface area contributed by atoms with E-state index in [1.807, 2.05) is 39.0 Å². The highest BCUT2D eigenvalue weighted by Gasteiger charge is 2.12. The van der Waals surface area contributed by atoms with Crippen molar-refractivity contribution in [3.8, 4) is 5.75 Å². The predicted molar refractivity (Wildman–Crippen MR) is 85.9 cm³/mol. The summed E-state index contributed by atoms with van der Waals surface area (Å²) in [6.45, 7) is 8.32. The topological polar surface area (TPSA) is 50.7 Å². The smallest absolute Gasteiger partial charge is 0.124 e. The molecule has 4 nitrogen and oxygen atoms in total. The average molecular weight is 295 g/mol. The Balaban J connectivity index is 2.27. The van der Waals surface area contributed by atoms with Gasteiger partial charge in [-0.3, -0.25) is 0 Å². The Morgan fingerprint density at radius 3 is 2.67 bits per heavy atom. The molecule has 21 heavy (non-hydrogen) atoms. The Hall–Kier alpha value is -1.10. The molecule has 120 valence electrons. The van der Waals surface area contributed by atoms with Crippen LogP contribution in [-0.4, -0.2) is 38.0 Å². The summed E-state index contributed by atoms with van der Waals surface area (Å²) >= 11 is 0. The number of hydrogen-bond acceptors (Lipinski definition) is 4. The van der Waals surface area contributed by atoms with Crippen molar-refractivity contribution in [1.82, 2.24) is 5.32 Å². The molecule has 0 aliphatic heterocycles. The maximum Gasteiger partial charge on any atom is 0.124 e. The van der Waals surface area contributed by atoms with Crippen LogP contribution in [0, 0.1) is 6.92 Å². The van der Waals surface area contributed by atoms with Crippen LogP contribution in [0.15, 0.2) is 18.2 Å². The second-order valence-corrected chi connectivity index (χ2v) is 5.59. The highest BCUT2D eigenvalue weighted by Crippen LogP contribution is 2.25. The van der Waals surface area contributed by atoms with Gasteiger partial charge in [0.1, 0.15) is 5.75 Å². The highest BCUT2D eigenvalue weighted by atomic mass is 16.5. The Labute approximate surface area is 128 Å². The summed E-state index contributed by atoms with van der Waals surface area (Å²) in [7, 11) is 1.63. The monoisotopic (exact) mass is 295 g/mol. The zero-order valence-corrected chi connectivity index (χ0v) is 13.7. The van der Waals surface area contributed by atoms with Crippen molar-refractivity contribution >= 4 is 0 Å². The maximum absolute atomic E-state index is 10.3. The summed E-state index contributed by atoms with van der Waals surface area (Å²) in [6.07, 6.45) is 1.83. The molecule has 0 saturated heterocycles. The van der Waals surface area contributed by atoms with Crippen molar-refractivity contribution < 1.29 is 14.6 Å². The Morgan fingerprint density at radius 2 is 2.00 bits per heavy atom. The van der Waals surface area contributed by atoms with Gasteiger partial charge in [-0.1, -0.05) is 11.6 Å². The summed E-state index contributed by atoms with van der Waals surface area (Å²) in [5.74, 6) is 0.736. The zero-order chi connectivity index (χ0) is 15.7. The lowest BCUT2D eigenvalue weighted by molar-refractivity contribution is 0.0758. The van der Waals surface area contributed by atoms with E-state index < -0.39 is 6.10 Å². The lowest BCUT2D eigenvalue weighted by Crippen LogP contribution is -2.23. The number of benzene rings is 1. The first-order valence-electron chi connectivity index (χ1n) is 7.69. The molecule has 0 aliphatic rings. The number of rotatable bonds is 10. The van der Waals surface area contributed by atoms with E-state index in [4.69, 9.17) is 9.47 Å². The molecule has 2 N–H and O–H groups in total. The van der Waals surface area contributed by atoms with Crippen LogP contribution in [0.1, 0.15) is 43.9 Å². The van der Waals surface area contributed by atoms with Crippen LogP contribution in [0.3, 0.4) is 0 Å². The minimum Gasteiger partial charge on any atom is -0.496 e. The molecule has 0 aromatic heterocycles. The largest absolute Gasteiger partial charge is 0.496 e. The molecule has 4 heteroatoms. The van der Waals surface area contributed by atoms with Crippen LogP contribution in [-0.2, 0) is 4.74 Å². The number of methoxy groups -OCH3 is 1. The van der Waals surface area contributed by atoms with Gasteiger partial charge in [0.25, 0.3) is 0 Å². The van der Waals surface area contributed by atoms with Gasteiger partial charge in [0.15, 0.2) is 0 Å². The van der Waals surface area contributed by atoms with Gasteiger partial charge in [-0.05, 0) is 52.3 Å². The molecule has 0 saturated carbocycles. The Morgan fingerprint density at radius 1 is 1.24 bits per heavy atom. The number of unbranched alkanes of at least 4 members (excludes halogenated alkanes) is 1. The van der Waals surface area contributed by atoms with Gasteiger partial charge >= 0.3 is 0 Å². The van der Waals surface area contributed by atoms with E-state index in [0.29, 0.717) is 12.6 Å². The Bertz CT molecular complexity index is 407. The normalized spacial score (nSPS) is 12.7. The number of aryl methyl sites for hydroxylation is 1. The fraction of sp³-hybridized carbons (Fsp3) is 0.647. The highest BCUT2D eigenvalue weighted by molar-refractivity contribution is 5.38. The molecular formula is C17H29NO3. The fourth-order valence-electron chi connectivity index (χ4n) is 2.13. The third-order valence-electron chi connectivity index (χ3n) is 3.28. The van der Waals surface area contributed by atoms with E-state index in [-0.39, 0.29) is 0 Å². The first-order chi connectivity index (χ1) is 10.0. The van der Waals surface area contributed by atoms with E-state index >= 15 is 0 Å². The van der Waals surface area contributed by atoms with E-state index in [9.17, 15) is 5.11 Å². The second kappa shape index (κ2) is 9.77. The van der Waals surface area contributed by atoms with Crippen molar-refractivity contribution in [1.29, 1.82) is 0 Å². The third-order valence-corrected chi connectivity index (χ3v) is 3.28. The lowest BCUT2D eigenvalue weighted by atomic mass is 10.1. The summed E-state index contributed by atoms with van der Waals surface area (Å²) in [5, 5.41) is 13.5. The summed E-state index contributed by atoms with van der Waals surface area (Å²) in [6, 6.07) is 5.86. The maximum atomic E-state index is 10.3. The molecule has 1 aromatic rings. The van der Waals surface area contributed by atoms with Crippen molar-refractivity contribution in [2.24, 2.45) is 0 Å². The van der Waals surface area contributed by atoms with Gasteiger partial charge in [-0.25, -0.2) is 0 Å². The molecule has 1 rings (SSSR count). The van der Waals surface area contributed by atoms with Crippen molar-refractivity contribution in [2.45, 2.75) is 45.8 Å². The van der Waals surface area contributed by atoms with Crippen LogP contribution in [0.5, 0.6) is 5.75 Å². The molecule has 1 aromatic carbocycles. The molecule has 0 amide bonds. The standard InChI is InChI=1S/C17H29NO3/c1-13(2)21-10-6-5-9-18-12-16(19)15-11-14(3)7-8-17(15)20-4/h7-8,11,13,16,18-19H,5-6,9-10,12H2,1-4H3. The van der Waals surface area contributed by atoms with Crippen LogP contribution >= 0.6 is 0 Å². The minimum atomic E-state index is -0.549. The zero-order valence-electron chi connectivity index (χ0n) is 13.7.